The Labute approximate surface area is 92.4 Å². The molecule has 0 saturated heterocycles. The van der Waals surface area contributed by atoms with E-state index < -0.39 is 0 Å². The molecule has 1 unspecified atom stereocenters. The van der Waals surface area contributed by atoms with E-state index >= 15 is 0 Å². The second-order valence-corrected chi connectivity index (χ2v) is 4.96. The van der Waals surface area contributed by atoms with Crippen LogP contribution in [0.15, 0.2) is 33.6 Å². The van der Waals surface area contributed by atoms with E-state index in [0.717, 1.165) is 10.2 Å². The fraction of sp³-hybridized carbons (Fsp3) is 0.400. The molecule has 0 aliphatic carbocycles. The summed E-state index contributed by atoms with van der Waals surface area (Å²) in [5.74, 6) is 1.11. The van der Waals surface area contributed by atoms with E-state index in [9.17, 15) is 0 Å². The van der Waals surface area contributed by atoms with Crippen molar-refractivity contribution in [2.75, 3.05) is 12.8 Å². The number of nitrogens with one attached hydrogen (secondary N) is 1. The van der Waals surface area contributed by atoms with Crippen molar-refractivity contribution in [2.45, 2.75) is 17.9 Å². The van der Waals surface area contributed by atoms with E-state index in [1.165, 1.54) is 4.90 Å². The second kappa shape index (κ2) is 5.68. The van der Waals surface area contributed by atoms with Crippen molar-refractivity contribution in [2.24, 2.45) is 0 Å². The van der Waals surface area contributed by atoms with Gasteiger partial charge in [-0.1, -0.05) is 15.9 Å². The van der Waals surface area contributed by atoms with Crippen LogP contribution in [0.25, 0.3) is 0 Å². The fourth-order valence-corrected chi connectivity index (χ4v) is 2.04. The van der Waals surface area contributed by atoms with Crippen molar-refractivity contribution in [3.05, 3.63) is 28.7 Å². The third-order valence-corrected chi connectivity index (χ3v) is 3.61. The van der Waals surface area contributed by atoms with Crippen molar-refractivity contribution in [3.8, 4) is 0 Å². The first-order valence-electron chi connectivity index (χ1n) is 4.28. The smallest absolute Gasteiger partial charge is 0.0176 e. The molecule has 0 amide bonds. The van der Waals surface area contributed by atoms with Gasteiger partial charge >= 0.3 is 0 Å². The molecule has 0 aromatic heterocycles. The molecule has 1 aromatic carbocycles. The van der Waals surface area contributed by atoms with E-state index in [1.54, 1.807) is 0 Å². The topological polar surface area (TPSA) is 12.0 Å². The predicted octanol–water partition coefficient (Wildman–Crippen LogP) is 3.15. The van der Waals surface area contributed by atoms with Gasteiger partial charge in [0.1, 0.15) is 0 Å². The predicted molar refractivity (Wildman–Crippen MR) is 63.4 cm³/mol. The van der Waals surface area contributed by atoms with E-state index in [0.29, 0.717) is 6.04 Å². The van der Waals surface area contributed by atoms with Crippen LogP contribution in [-0.2, 0) is 0 Å². The molecule has 72 valence electrons. The number of hydrogen-bond acceptors (Lipinski definition) is 2. The standard InChI is InChI=1S/C10H14BrNS/c1-8(12-2)7-13-10-5-3-9(11)4-6-10/h3-6,8,12H,7H2,1-2H3. The molecule has 0 fully saturated rings. The quantitative estimate of drug-likeness (QED) is 0.835. The maximum absolute atomic E-state index is 3.42. The average molecular weight is 260 g/mol. The second-order valence-electron chi connectivity index (χ2n) is 2.95. The molecule has 1 atom stereocenters. The van der Waals surface area contributed by atoms with Crippen LogP contribution in [0.2, 0.25) is 0 Å². The largest absolute Gasteiger partial charge is 0.316 e. The molecule has 0 aliphatic rings. The molecule has 3 heteroatoms. The summed E-state index contributed by atoms with van der Waals surface area (Å²) in [7, 11) is 1.99. The fourth-order valence-electron chi connectivity index (χ4n) is 0.835. The zero-order valence-corrected chi connectivity index (χ0v) is 10.3. The van der Waals surface area contributed by atoms with Crippen molar-refractivity contribution in [3.63, 3.8) is 0 Å². The highest BCUT2D eigenvalue weighted by atomic mass is 79.9. The van der Waals surface area contributed by atoms with E-state index in [4.69, 9.17) is 0 Å². The highest BCUT2D eigenvalue weighted by Gasteiger charge is 1.99. The maximum Gasteiger partial charge on any atom is 0.0176 e. The van der Waals surface area contributed by atoms with Gasteiger partial charge in [0.25, 0.3) is 0 Å². The molecular formula is C10H14BrNS. The minimum Gasteiger partial charge on any atom is -0.316 e. The summed E-state index contributed by atoms with van der Waals surface area (Å²) in [6.07, 6.45) is 0. The van der Waals surface area contributed by atoms with Gasteiger partial charge in [-0.15, -0.1) is 11.8 Å². The third-order valence-electron chi connectivity index (χ3n) is 1.81. The van der Waals surface area contributed by atoms with Gasteiger partial charge in [0.15, 0.2) is 0 Å². The Hall–Kier alpha value is 0.01000. The molecule has 0 aliphatic heterocycles. The van der Waals surface area contributed by atoms with Gasteiger partial charge in [-0.3, -0.25) is 0 Å². The lowest BCUT2D eigenvalue weighted by atomic mass is 10.4. The number of hydrogen-bond donors (Lipinski definition) is 1. The third kappa shape index (κ3) is 4.16. The number of benzene rings is 1. The van der Waals surface area contributed by atoms with Crippen LogP contribution in [0.1, 0.15) is 6.92 Å². The Morgan fingerprint density at radius 1 is 1.38 bits per heavy atom. The minimum atomic E-state index is 0.564. The first kappa shape index (κ1) is 11.1. The van der Waals surface area contributed by atoms with Crippen LogP contribution in [0.4, 0.5) is 0 Å². The van der Waals surface area contributed by atoms with E-state index in [-0.39, 0.29) is 0 Å². The van der Waals surface area contributed by atoms with Crippen LogP contribution < -0.4 is 5.32 Å². The van der Waals surface area contributed by atoms with Gasteiger partial charge in [0, 0.05) is 21.2 Å². The lowest BCUT2D eigenvalue weighted by Crippen LogP contribution is -2.23. The normalized spacial score (nSPS) is 12.8. The van der Waals surface area contributed by atoms with Gasteiger partial charge in [0.2, 0.25) is 0 Å². The summed E-state index contributed by atoms with van der Waals surface area (Å²) >= 11 is 5.30. The Morgan fingerprint density at radius 3 is 2.54 bits per heavy atom. The van der Waals surface area contributed by atoms with Gasteiger partial charge in [-0.2, -0.15) is 0 Å². The first-order valence-corrected chi connectivity index (χ1v) is 6.06. The lowest BCUT2D eigenvalue weighted by molar-refractivity contribution is 0.677. The zero-order valence-electron chi connectivity index (χ0n) is 7.88. The van der Waals surface area contributed by atoms with Crippen LogP contribution in [0.3, 0.4) is 0 Å². The minimum absolute atomic E-state index is 0.564. The highest BCUT2D eigenvalue weighted by Crippen LogP contribution is 2.20. The van der Waals surface area contributed by atoms with Crippen molar-refractivity contribution in [1.29, 1.82) is 0 Å². The number of halogens is 1. The van der Waals surface area contributed by atoms with E-state index in [2.05, 4.69) is 52.4 Å². The Kier molecular flexibility index (Phi) is 4.84. The van der Waals surface area contributed by atoms with Gasteiger partial charge in [0.05, 0.1) is 0 Å². The summed E-state index contributed by atoms with van der Waals surface area (Å²) in [6.45, 7) is 2.19. The molecular weight excluding hydrogens is 246 g/mol. The summed E-state index contributed by atoms with van der Waals surface area (Å²) in [5, 5.41) is 3.22. The Bertz CT molecular complexity index is 248. The first-order chi connectivity index (χ1) is 6.22. The molecule has 0 radical (unpaired) electrons. The van der Waals surface area contributed by atoms with Gasteiger partial charge in [-0.05, 0) is 38.2 Å². The van der Waals surface area contributed by atoms with Crippen molar-refractivity contribution in [1.82, 2.24) is 5.32 Å². The maximum atomic E-state index is 3.42. The van der Waals surface area contributed by atoms with E-state index in [1.807, 2.05) is 18.8 Å². The number of thioether (sulfide) groups is 1. The molecule has 0 spiro atoms. The molecule has 0 bridgehead atoms. The van der Waals surface area contributed by atoms with Crippen LogP contribution in [-0.4, -0.2) is 18.8 Å². The zero-order chi connectivity index (χ0) is 9.68. The monoisotopic (exact) mass is 259 g/mol. The Balaban J connectivity index is 2.41. The molecule has 1 N–H and O–H groups in total. The summed E-state index contributed by atoms with van der Waals surface area (Å²) in [6, 6.07) is 8.99. The molecule has 1 aromatic rings. The van der Waals surface area contributed by atoms with Gasteiger partial charge < -0.3 is 5.32 Å². The summed E-state index contributed by atoms with van der Waals surface area (Å²) in [5.41, 5.74) is 0. The van der Waals surface area contributed by atoms with Crippen molar-refractivity contribution >= 4 is 27.7 Å². The molecule has 13 heavy (non-hydrogen) atoms. The molecule has 0 heterocycles. The molecule has 0 saturated carbocycles. The summed E-state index contributed by atoms with van der Waals surface area (Å²) in [4.78, 5) is 1.32. The number of rotatable bonds is 4. The summed E-state index contributed by atoms with van der Waals surface area (Å²) < 4.78 is 1.14. The van der Waals surface area contributed by atoms with Crippen LogP contribution in [0, 0.1) is 0 Å². The molecule has 1 rings (SSSR count). The van der Waals surface area contributed by atoms with Crippen LogP contribution >= 0.6 is 27.7 Å². The van der Waals surface area contributed by atoms with Crippen LogP contribution in [0.5, 0.6) is 0 Å². The highest BCUT2D eigenvalue weighted by molar-refractivity contribution is 9.10. The Morgan fingerprint density at radius 2 is 2.00 bits per heavy atom. The molecule has 1 nitrogen and oxygen atoms in total. The SMILES string of the molecule is CNC(C)CSc1ccc(Br)cc1. The average Bonchev–Trinajstić information content (AvgIpc) is 2.16. The van der Waals surface area contributed by atoms with Crippen molar-refractivity contribution < 1.29 is 0 Å². The lowest BCUT2D eigenvalue weighted by Gasteiger charge is -2.08. The van der Waals surface area contributed by atoms with Gasteiger partial charge in [-0.25, -0.2) is 0 Å².